The van der Waals surface area contributed by atoms with Gasteiger partial charge in [0.1, 0.15) is 6.04 Å². The number of hydrogen-bond acceptors (Lipinski definition) is 2. The molecule has 0 spiro atoms. The predicted octanol–water partition coefficient (Wildman–Crippen LogP) is 3.73. The highest BCUT2D eigenvalue weighted by Crippen LogP contribution is 2.22. The second-order valence-corrected chi connectivity index (χ2v) is 4.30. The van der Waals surface area contributed by atoms with Gasteiger partial charge in [-0.05, 0) is 36.6 Å². The van der Waals surface area contributed by atoms with Crippen LogP contribution in [0.2, 0.25) is 0 Å². The lowest BCUT2D eigenvalue weighted by Crippen LogP contribution is -2.16. The van der Waals surface area contributed by atoms with Crippen molar-refractivity contribution in [3.8, 4) is 6.07 Å². The molecule has 0 bridgehead atoms. The third kappa shape index (κ3) is 3.24. The molecule has 80 valence electrons. The van der Waals surface area contributed by atoms with E-state index in [9.17, 15) is 0 Å². The highest BCUT2D eigenvalue weighted by molar-refractivity contribution is 9.10. The molecule has 1 aromatic rings. The lowest BCUT2D eigenvalue weighted by Gasteiger charge is -2.14. The molecule has 0 saturated heterocycles. The van der Waals surface area contributed by atoms with E-state index in [1.807, 2.05) is 19.1 Å². The maximum Gasteiger partial charge on any atom is 0.114 e. The average molecular weight is 267 g/mol. The van der Waals surface area contributed by atoms with Crippen molar-refractivity contribution in [1.29, 1.82) is 5.26 Å². The van der Waals surface area contributed by atoms with Crippen LogP contribution >= 0.6 is 15.9 Å². The summed E-state index contributed by atoms with van der Waals surface area (Å²) in [6.07, 6.45) is 1.78. The van der Waals surface area contributed by atoms with Crippen molar-refractivity contribution in [1.82, 2.24) is 0 Å². The first-order valence-electron chi connectivity index (χ1n) is 5.15. The summed E-state index contributed by atoms with van der Waals surface area (Å²) < 4.78 is 1.08. The van der Waals surface area contributed by atoms with Gasteiger partial charge in [0.25, 0.3) is 0 Å². The van der Waals surface area contributed by atoms with Gasteiger partial charge < -0.3 is 5.32 Å². The van der Waals surface area contributed by atoms with Crippen LogP contribution < -0.4 is 5.32 Å². The van der Waals surface area contributed by atoms with E-state index in [0.717, 1.165) is 23.0 Å². The quantitative estimate of drug-likeness (QED) is 0.902. The third-order valence-electron chi connectivity index (χ3n) is 2.34. The van der Waals surface area contributed by atoms with E-state index in [4.69, 9.17) is 5.26 Å². The van der Waals surface area contributed by atoms with E-state index >= 15 is 0 Å². The Hall–Kier alpha value is -1.01. The maximum absolute atomic E-state index is 8.88. The molecule has 0 aliphatic rings. The van der Waals surface area contributed by atoms with Crippen LogP contribution in [0.4, 0.5) is 5.69 Å². The molecule has 1 atom stereocenters. The van der Waals surface area contributed by atoms with Crippen molar-refractivity contribution in [2.75, 3.05) is 5.32 Å². The van der Waals surface area contributed by atoms with Gasteiger partial charge in [-0.25, -0.2) is 0 Å². The zero-order valence-electron chi connectivity index (χ0n) is 9.05. The predicted molar refractivity (Wildman–Crippen MR) is 66.8 cm³/mol. The van der Waals surface area contributed by atoms with E-state index in [1.54, 1.807) is 0 Å². The highest BCUT2D eigenvalue weighted by Gasteiger charge is 2.07. The number of anilines is 1. The Morgan fingerprint density at radius 2 is 2.20 bits per heavy atom. The fraction of sp³-hybridized carbons (Fsp3) is 0.417. The minimum absolute atomic E-state index is 0.100. The monoisotopic (exact) mass is 266 g/mol. The molecule has 0 aromatic heterocycles. The molecule has 1 unspecified atom stereocenters. The molecule has 0 aliphatic carbocycles. The summed E-state index contributed by atoms with van der Waals surface area (Å²) >= 11 is 3.44. The van der Waals surface area contributed by atoms with Crippen LogP contribution in [0.3, 0.4) is 0 Å². The van der Waals surface area contributed by atoms with Crippen molar-refractivity contribution in [3.63, 3.8) is 0 Å². The summed E-state index contributed by atoms with van der Waals surface area (Å²) in [6.45, 7) is 4.12. The first kappa shape index (κ1) is 12.1. The van der Waals surface area contributed by atoms with Crippen LogP contribution in [0.5, 0.6) is 0 Å². The minimum atomic E-state index is -0.100. The highest BCUT2D eigenvalue weighted by atomic mass is 79.9. The molecule has 0 fully saturated rings. The molecular formula is C12H15BrN2. The standard InChI is InChI=1S/C12H15BrN2/c1-3-9-7-10(13)5-6-12(9)15-11(4-2)8-14/h5-7,11,15H,3-4H2,1-2H3. The normalized spacial score (nSPS) is 11.9. The summed E-state index contributed by atoms with van der Waals surface area (Å²) in [7, 11) is 0. The molecule has 1 rings (SSSR count). The van der Waals surface area contributed by atoms with Crippen LogP contribution in [-0.2, 0) is 6.42 Å². The Bertz CT molecular complexity index is 368. The molecule has 0 amide bonds. The van der Waals surface area contributed by atoms with Gasteiger partial charge in [-0.15, -0.1) is 0 Å². The summed E-state index contributed by atoms with van der Waals surface area (Å²) in [5.74, 6) is 0. The van der Waals surface area contributed by atoms with Crippen LogP contribution in [0.1, 0.15) is 25.8 Å². The van der Waals surface area contributed by atoms with E-state index in [2.05, 4.69) is 40.3 Å². The Labute approximate surface area is 99.4 Å². The van der Waals surface area contributed by atoms with Crippen molar-refractivity contribution >= 4 is 21.6 Å². The van der Waals surface area contributed by atoms with E-state index in [0.29, 0.717) is 0 Å². The van der Waals surface area contributed by atoms with Crippen molar-refractivity contribution in [3.05, 3.63) is 28.2 Å². The summed E-state index contributed by atoms with van der Waals surface area (Å²) in [5.41, 5.74) is 2.30. The second kappa shape index (κ2) is 5.77. The zero-order valence-corrected chi connectivity index (χ0v) is 10.6. The number of benzene rings is 1. The Kier molecular flexibility index (Phi) is 4.64. The lowest BCUT2D eigenvalue weighted by molar-refractivity contribution is 0.842. The van der Waals surface area contributed by atoms with Crippen molar-refractivity contribution in [2.24, 2.45) is 0 Å². The zero-order chi connectivity index (χ0) is 11.3. The molecule has 2 nitrogen and oxygen atoms in total. The van der Waals surface area contributed by atoms with Crippen molar-refractivity contribution in [2.45, 2.75) is 32.7 Å². The molecule has 0 saturated carbocycles. The Morgan fingerprint density at radius 3 is 2.73 bits per heavy atom. The number of nitrogens with zero attached hydrogens (tertiary/aromatic N) is 1. The van der Waals surface area contributed by atoms with Crippen molar-refractivity contribution < 1.29 is 0 Å². The fourth-order valence-corrected chi connectivity index (χ4v) is 1.82. The van der Waals surface area contributed by atoms with Gasteiger partial charge in [0, 0.05) is 10.2 Å². The smallest absolute Gasteiger partial charge is 0.114 e. The average Bonchev–Trinajstić information content (AvgIpc) is 2.27. The number of halogens is 1. The number of hydrogen-bond donors (Lipinski definition) is 1. The summed E-state index contributed by atoms with van der Waals surface area (Å²) in [4.78, 5) is 0. The molecule has 15 heavy (non-hydrogen) atoms. The second-order valence-electron chi connectivity index (χ2n) is 3.39. The summed E-state index contributed by atoms with van der Waals surface area (Å²) in [6, 6.07) is 8.24. The Morgan fingerprint density at radius 1 is 1.47 bits per heavy atom. The molecular weight excluding hydrogens is 252 g/mol. The first-order chi connectivity index (χ1) is 7.21. The van der Waals surface area contributed by atoms with Gasteiger partial charge in [-0.2, -0.15) is 5.26 Å². The topological polar surface area (TPSA) is 35.8 Å². The largest absolute Gasteiger partial charge is 0.370 e. The lowest BCUT2D eigenvalue weighted by atomic mass is 10.1. The van der Waals surface area contributed by atoms with E-state index < -0.39 is 0 Å². The van der Waals surface area contributed by atoms with Gasteiger partial charge >= 0.3 is 0 Å². The first-order valence-corrected chi connectivity index (χ1v) is 5.95. The number of nitriles is 1. The van der Waals surface area contributed by atoms with E-state index in [-0.39, 0.29) is 6.04 Å². The molecule has 1 N–H and O–H groups in total. The van der Waals surface area contributed by atoms with Gasteiger partial charge in [0.05, 0.1) is 6.07 Å². The number of nitrogens with one attached hydrogen (secondary N) is 1. The number of rotatable bonds is 4. The summed E-state index contributed by atoms with van der Waals surface area (Å²) in [5, 5.41) is 12.1. The molecule has 3 heteroatoms. The van der Waals surface area contributed by atoms with Gasteiger partial charge in [0.2, 0.25) is 0 Å². The van der Waals surface area contributed by atoms with Crippen LogP contribution in [0, 0.1) is 11.3 Å². The van der Waals surface area contributed by atoms with Crippen LogP contribution in [-0.4, -0.2) is 6.04 Å². The fourth-order valence-electron chi connectivity index (χ4n) is 1.41. The molecule has 0 radical (unpaired) electrons. The van der Waals surface area contributed by atoms with Gasteiger partial charge in [-0.3, -0.25) is 0 Å². The molecule has 0 heterocycles. The SMILES string of the molecule is CCc1cc(Br)ccc1NC(C#N)CC. The molecule has 0 aliphatic heterocycles. The minimum Gasteiger partial charge on any atom is -0.370 e. The molecule has 1 aromatic carbocycles. The van der Waals surface area contributed by atoms with E-state index in [1.165, 1.54) is 5.56 Å². The Balaban J connectivity index is 2.89. The van der Waals surface area contributed by atoms with Gasteiger partial charge in [-0.1, -0.05) is 29.8 Å². The van der Waals surface area contributed by atoms with Crippen LogP contribution in [0.25, 0.3) is 0 Å². The third-order valence-corrected chi connectivity index (χ3v) is 2.84. The number of aryl methyl sites for hydroxylation is 1. The maximum atomic E-state index is 8.88. The van der Waals surface area contributed by atoms with Crippen LogP contribution in [0.15, 0.2) is 22.7 Å². The van der Waals surface area contributed by atoms with Gasteiger partial charge in [0.15, 0.2) is 0 Å².